The summed E-state index contributed by atoms with van der Waals surface area (Å²) in [6, 6.07) is 5.66. The zero-order chi connectivity index (χ0) is 16.1. The molecular weight excluding hydrogens is 294 g/mol. The average Bonchev–Trinajstić information content (AvgIpc) is 2.81. The number of benzene rings is 1. The van der Waals surface area contributed by atoms with Crippen LogP contribution in [0.15, 0.2) is 35.6 Å². The number of anilines is 1. The van der Waals surface area contributed by atoms with E-state index in [4.69, 9.17) is 15.2 Å². The summed E-state index contributed by atoms with van der Waals surface area (Å²) in [5.41, 5.74) is 6.76. The first-order chi connectivity index (χ1) is 11.2. The van der Waals surface area contributed by atoms with Crippen molar-refractivity contribution < 1.29 is 9.47 Å². The molecule has 0 bridgehead atoms. The Labute approximate surface area is 135 Å². The number of hydrogen-bond donors (Lipinski definition) is 2. The van der Waals surface area contributed by atoms with Gasteiger partial charge in [-0.25, -0.2) is 4.98 Å². The lowest BCUT2D eigenvalue weighted by Crippen LogP contribution is -2.23. The summed E-state index contributed by atoms with van der Waals surface area (Å²) in [6.07, 6.45) is 4.59. The number of imidazole rings is 1. The van der Waals surface area contributed by atoms with Gasteiger partial charge in [0.05, 0.1) is 19.8 Å². The monoisotopic (exact) mass is 315 g/mol. The second-order valence-corrected chi connectivity index (χ2v) is 5.27. The number of hydrogen-bond acceptors (Lipinski definition) is 4. The van der Waals surface area contributed by atoms with Crippen LogP contribution < -0.4 is 20.5 Å². The second-order valence-electron chi connectivity index (χ2n) is 5.27. The molecule has 0 saturated carbocycles. The van der Waals surface area contributed by atoms with Crippen LogP contribution in [0.1, 0.15) is 12.2 Å². The van der Waals surface area contributed by atoms with Gasteiger partial charge in [0.1, 0.15) is 5.82 Å². The van der Waals surface area contributed by atoms with Gasteiger partial charge in [-0.05, 0) is 19.1 Å². The molecule has 7 nitrogen and oxygen atoms in total. The Balaban J connectivity index is 1.59. The Bertz CT molecular complexity index is 696. The molecule has 0 amide bonds. The van der Waals surface area contributed by atoms with Crippen LogP contribution in [-0.4, -0.2) is 35.3 Å². The number of ether oxygens (including phenoxy) is 2. The molecule has 23 heavy (non-hydrogen) atoms. The predicted octanol–water partition coefficient (Wildman–Crippen LogP) is 1.78. The fraction of sp³-hybridized carbons (Fsp3) is 0.375. The number of nitrogens with one attached hydrogen (secondary N) is 1. The molecule has 0 radical (unpaired) electrons. The Hall–Kier alpha value is -2.70. The van der Waals surface area contributed by atoms with Crippen molar-refractivity contribution in [3.05, 3.63) is 36.4 Å². The lowest BCUT2D eigenvalue weighted by atomic mass is 10.3. The molecule has 0 fully saturated rings. The average molecular weight is 315 g/mol. The molecule has 1 aromatic heterocycles. The molecule has 3 rings (SSSR count). The van der Waals surface area contributed by atoms with E-state index in [9.17, 15) is 0 Å². The molecule has 0 aliphatic carbocycles. The van der Waals surface area contributed by atoms with Gasteiger partial charge >= 0.3 is 0 Å². The molecule has 0 spiro atoms. The molecule has 2 heterocycles. The van der Waals surface area contributed by atoms with E-state index in [2.05, 4.69) is 15.3 Å². The van der Waals surface area contributed by atoms with Crippen LogP contribution in [0.2, 0.25) is 0 Å². The lowest BCUT2D eigenvalue weighted by molar-refractivity contribution is 0.297. The van der Waals surface area contributed by atoms with Crippen LogP contribution in [-0.2, 0) is 6.54 Å². The van der Waals surface area contributed by atoms with Crippen LogP contribution in [0.25, 0.3) is 0 Å². The van der Waals surface area contributed by atoms with E-state index < -0.39 is 0 Å². The van der Waals surface area contributed by atoms with Gasteiger partial charge in [0, 0.05) is 37.1 Å². The summed E-state index contributed by atoms with van der Waals surface area (Å²) in [4.78, 5) is 8.50. The number of aliphatic imine (C=N–C) groups is 1. The number of rotatable bonds is 4. The van der Waals surface area contributed by atoms with Gasteiger partial charge in [0.15, 0.2) is 17.5 Å². The first-order valence-corrected chi connectivity index (χ1v) is 7.67. The highest BCUT2D eigenvalue weighted by Crippen LogP contribution is 2.32. The first-order valence-electron chi connectivity index (χ1n) is 7.67. The lowest BCUT2D eigenvalue weighted by Gasteiger charge is -2.11. The highest BCUT2D eigenvalue weighted by atomic mass is 16.5. The summed E-state index contributed by atoms with van der Waals surface area (Å²) in [6.45, 7) is 4.63. The number of nitrogens with zero attached hydrogens (tertiary/aromatic N) is 3. The fourth-order valence-electron chi connectivity index (χ4n) is 2.35. The number of aromatic nitrogens is 2. The Morgan fingerprint density at radius 2 is 2.17 bits per heavy atom. The van der Waals surface area contributed by atoms with E-state index in [1.54, 1.807) is 6.20 Å². The molecule has 0 atom stereocenters. The van der Waals surface area contributed by atoms with Crippen LogP contribution >= 0.6 is 0 Å². The highest BCUT2D eigenvalue weighted by Gasteiger charge is 2.10. The van der Waals surface area contributed by atoms with E-state index >= 15 is 0 Å². The van der Waals surface area contributed by atoms with Gasteiger partial charge in [0.2, 0.25) is 0 Å². The van der Waals surface area contributed by atoms with E-state index in [-0.39, 0.29) is 0 Å². The molecular formula is C16H21N5O2. The van der Waals surface area contributed by atoms with Gasteiger partial charge in [-0.3, -0.25) is 4.99 Å². The third kappa shape index (κ3) is 3.94. The summed E-state index contributed by atoms with van der Waals surface area (Å²) in [5.74, 6) is 2.83. The molecule has 1 aliphatic rings. The number of guanidine groups is 1. The van der Waals surface area contributed by atoms with Crippen molar-refractivity contribution in [1.29, 1.82) is 0 Å². The minimum absolute atomic E-state index is 0.372. The van der Waals surface area contributed by atoms with E-state index in [0.717, 1.165) is 36.0 Å². The predicted molar refractivity (Wildman–Crippen MR) is 89.1 cm³/mol. The third-order valence-electron chi connectivity index (χ3n) is 3.57. The smallest absolute Gasteiger partial charge is 0.193 e. The maximum absolute atomic E-state index is 5.93. The molecule has 3 N–H and O–H groups in total. The van der Waals surface area contributed by atoms with Gasteiger partial charge in [-0.15, -0.1) is 0 Å². The van der Waals surface area contributed by atoms with Crippen LogP contribution in [0.5, 0.6) is 11.5 Å². The van der Waals surface area contributed by atoms with Crippen molar-refractivity contribution in [2.24, 2.45) is 10.7 Å². The van der Waals surface area contributed by atoms with Gasteiger partial charge < -0.3 is 25.1 Å². The molecule has 0 saturated heterocycles. The highest BCUT2D eigenvalue weighted by molar-refractivity contribution is 5.92. The number of aryl methyl sites for hydroxylation is 1. The Morgan fingerprint density at radius 3 is 2.96 bits per heavy atom. The normalized spacial score (nSPS) is 14.4. The quantitative estimate of drug-likeness (QED) is 0.663. The van der Waals surface area contributed by atoms with Crippen molar-refractivity contribution in [1.82, 2.24) is 9.55 Å². The Morgan fingerprint density at radius 1 is 1.35 bits per heavy atom. The Kier molecular flexibility index (Phi) is 4.65. The van der Waals surface area contributed by atoms with Crippen LogP contribution in [0, 0.1) is 6.92 Å². The van der Waals surface area contributed by atoms with E-state index in [0.29, 0.717) is 25.7 Å². The maximum Gasteiger partial charge on any atom is 0.193 e. The molecule has 1 aliphatic heterocycles. The summed E-state index contributed by atoms with van der Waals surface area (Å²) in [5, 5.41) is 3.07. The second kappa shape index (κ2) is 7.04. The first kappa shape index (κ1) is 15.2. The molecule has 1 aromatic carbocycles. The molecule has 2 aromatic rings. The number of fused-ring (bicyclic) bond motifs is 1. The minimum atomic E-state index is 0.372. The third-order valence-corrected chi connectivity index (χ3v) is 3.57. The zero-order valence-corrected chi connectivity index (χ0v) is 13.2. The van der Waals surface area contributed by atoms with Crippen molar-refractivity contribution in [2.45, 2.75) is 19.9 Å². The SMILES string of the molecule is Cc1nccn1CCN=C(N)Nc1ccc2c(c1)OCCCO2. The summed E-state index contributed by atoms with van der Waals surface area (Å²) < 4.78 is 13.3. The zero-order valence-electron chi connectivity index (χ0n) is 13.2. The molecule has 122 valence electrons. The fourth-order valence-corrected chi connectivity index (χ4v) is 2.35. The van der Waals surface area contributed by atoms with Gasteiger partial charge in [-0.1, -0.05) is 0 Å². The van der Waals surface area contributed by atoms with Crippen molar-refractivity contribution in [3.8, 4) is 11.5 Å². The summed E-state index contributed by atoms with van der Waals surface area (Å²) in [7, 11) is 0. The maximum atomic E-state index is 5.93. The van der Waals surface area contributed by atoms with E-state index in [1.807, 2.05) is 35.9 Å². The van der Waals surface area contributed by atoms with Crippen molar-refractivity contribution >= 4 is 11.6 Å². The van der Waals surface area contributed by atoms with Gasteiger partial charge in [-0.2, -0.15) is 0 Å². The topological polar surface area (TPSA) is 86.7 Å². The largest absolute Gasteiger partial charge is 0.490 e. The summed E-state index contributed by atoms with van der Waals surface area (Å²) >= 11 is 0. The van der Waals surface area contributed by atoms with Crippen molar-refractivity contribution in [2.75, 3.05) is 25.1 Å². The minimum Gasteiger partial charge on any atom is -0.490 e. The van der Waals surface area contributed by atoms with Gasteiger partial charge in [0.25, 0.3) is 0 Å². The van der Waals surface area contributed by atoms with Crippen LogP contribution in [0.4, 0.5) is 5.69 Å². The van der Waals surface area contributed by atoms with Crippen molar-refractivity contribution in [3.63, 3.8) is 0 Å². The van der Waals surface area contributed by atoms with Crippen LogP contribution in [0.3, 0.4) is 0 Å². The molecule has 0 unspecified atom stereocenters. The standard InChI is InChI=1S/C16H21N5O2/c1-12-18-5-7-21(12)8-6-19-16(17)20-13-3-4-14-15(11-13)23-10-2-9-22-14/h3-5,7,11H,2,6,8-10H2,1H3,(H3,17,19,20). The number of nitrogens with two attached hydrogens (primary N) is 1. The van der Waals surface area contributed by atoms with E-state index in [1.165, 1.54) is 0 Å². The molecule has 7 heteroatoms.